The van der Waals surface area contributed by atoms with Crippen molar-refractivity contribution in [2.45, 2.75) is 6.42 Å². The topological polar surface area (TPSA) is 80.5 Å². The molecule has 6 nitrogen and oxygen atoms in total. The molecule has 0 amide bonds. The van der Waals surface area contributed by atoms with Gasteiger partial charge in [0.1, 0.15) is 0 Å². The summed E-state index contributed by atoms with van der Waals surface area (Å²) in [6, 6.07) is 7.27. The molecule has 0 fully saturated rings. The molecular weight excluding hydrogens is 278 g/mol. The number of hydrogen-bond donors (Lipinski definition) is 1. The summed E-state index contributed by atoms with van der Waals surface area (Å²) in [5.41, 5.74) is 6.55. The molecule has 2 aromatic rings. The number of rotatable bonds is 4. The highest BCUT2D eigenvalue weighted by Crippen LogP contribution is 2.18. The number of benzene rings is 1. The Morgan fingerprint density at radius 3 is 2.70 bits per heavy atom. The fourth-order valence-electron chi connectivity index (χ4n) is 1.48. The van der Waals surface area contributed by atoms with Gasteiger partial charge in [-0.2, -0.15) is 4.98 Å². The van der Waals surface area contributed by atoms with Crippen molar-refractivity contribution in [2.24, 2.45) is 10.7 Å². The van der Waals surface area contributed by atoms with Gasteiger partial charge in [0.05, 0.1) is 6.54 Å². The SMILES string of the molecule is CN(C)C(N)=NCCc1nc(-c2ccc(Cl)cc2)no1. The van der Waals surface area contributed by atoms with Gasteiger partial charge in [0.2, 0.25) is 11.7 Å². The molecule has 0 saturated carbocycles. The van der Waals surface area contributed by atoms with Crippen molar-refractivity contribution in [1.82, 2.24) is 15.0 Å². The number of nitrogens with zero attached hydrogens (tertiary/aromatic N) is 4. The molecule has 0 atom stereocenters. The predicted molar refractivity (Wildman–Crippen MR) is 78.6 cm³/mol. The zero-order chi connectivity index (χ0) is 14.5. The minimum atomic E-state index is 0.474. The van der Waals surface area contributed by atoms with Crippen LogP contribution in [0.2, 0.25) is 5.02 Å². The molecule has 2 N–H and O–H groups in total. The number of hydrogen-bond acceptors (Lipinski definition) is 4. The van der Waals surface area contributed by atoms with Crippen molar-refractivity contribution in [3.05, 3.63) is 35.2 Å². The predicted octanol–water partition coefficient (Wildman–Crippen LogP) is 1.81. The first-order valence-electron chi connectivity index (χ1n) is 6.12. The van der Waals surface area contributed by atoms with Crippen LogP contribution in [0, 0.1) is 0 Å². The third-order valence-corrected chi connectivity index (χ3v) is 2.88. The highest BCUT2D eigenvalue weighted by molar-refractivity contribution is 6.30. The summed E-state index contributed by atoms with van der Waals surface area (Å²) >= 11 is 5.83. The van der Waals surface area contributed by atoms with E-state index in [9.17, 15) is 0 Å². The van der Waals surface area contributed by atoms with Gasteiger partial charge in [-0.15, -0.1) is 0 Å². The normalized spacial score (nSPS) is 11.7. The summed E-state index contributed by atoms with van der Waals surface area (Å²) in [5.74, 6) is 1.55. The lowest BCUT2D eigenvalue weighted by atomic mass is 10.2. The zero-order valence-corrected chi connectivity index (χ0v) is 12.1. The molecule has 0 aliphatic rings. The van der Waals surface area contributed by atoms with Crippen molar-refractivity contribution >= 4 is 17.6 Å². The minimum Gasteiger partial charge on any atom is -0.370 e. The molecule has 0 spiro atoms. The lowest BCUT2D eigenvalue weighted by Crippen LogP contribution is -2.30. The van der Waals surface area contributed by atoms with Crippen LogP contribution >= 0.6 is 11.6 Å². The number of guanidine groups is 1. The van der Waals surface area contributed by atoms with Gasteiger partial charge in [-0.25, -0.2) is 0 Å². The molecule has 0 saturated heterocycles. The fourth-order valence-corrected chi connectivity index (χ4v) is 1.61. The van der Waals surface area contributed by atoms with E-state index in [0.29, 0.717) is 35.7 Å². The molecule has 2 rings (SSSR count). The summed E-state index contributed by atoms with van der Waals surface area (Å²) in [6.45, 7) is 0.506. The van der Waals surface area contributed by atoms with E-state index < -0.39 is 0 Å². The third-order valence-electron chi connectivity index (χ3n) is 2.63. The van der Waals surface area contributed by atoms with Crippen LogP contribution in [0.4, 0.5) is 0 Å². The maximum absolute atomic E-state index is 5.83. The number of aromatic nitrogens is 2. The Morgan fingerprint density at radius 2 is 2.05 bits per heavy atom. The van der Waals surface area contributed by atoms with Crippen LogP contribution in [0.1, 0.15) is 5.89 Å². The minimum absolute atomic E-state index is 0.474. The molecule has 20 heavy (non-hydrogen) atoms. The molecule has 0 unspecified atom stereocenters. The second-order valence-corrected chi connectivity index (χ2v) is 4.84. The van der Waals surface area contributed by atoms with Crippen LogP contribution < -0.4 is 5.73 Å². The molecule has 0 radical (unpaired) electrons. The lowest BCUT2D eigenvalue weighted by Gasteiger charge is -2.09. The Labute approximate surface area is 122 Å². The second kappa shape index (κ2) is 6.38. The number of aliphatic imine (C=N–C) groups is 1. The van der Waals surface area contributed by atoms with E-state index in [0.717, 1.165) is 5.56 Å². The second-order valence-electron chi connectivity index (χ2n) is 4.40. The maximum Gasteiger partial charge on any atom is 0.228 e. The molecule has 1 aromatic carbocycles. The molecule has 1 heterocycles. The largest absolute Gasteiger partial charge is 0.370 e. The van der Waals surface area contributed by atoms with E-state index >= 15 is 0 Å². The van der Waals surface area contributed by atoms with E-state index in [-0.39, 0.29) is 0 Å². The lowest BCUT2D eigenvalue weighted by molar-refractivity contribution is 0.380. The molecule has 106 valence electrons. The average Bonchev–Trinajstić information content (AvgIpc) is 2.88. The quantitative estimate of drug-likeness (QED) is 0.687. The van der Waals surface area contributed by atoms with Gasteiger partial charge >= 0.3 is 0 Å². The first-order chi connectivity index (χ1) is 9.56. The van der Waals surface area contributed by atoms with Crippen LogP contribution in [-0.4, -0.2) is 41.6 Å². The van der Waals surface area contributed by atoms with Gasteiger partial charge in [-0.1, -0.05) is 16.8 Å². The Bertz CT molecular complexity index is 591. The zero-order valence-electron chi connectivity index (χ0n) is 11.4. The van der Waals surface area contributed by atoms with Gasteiger partial charge in [0, 0.05) is 31.1 Å². The highest BCUT2D eigenvalue weighted by Gasteiger charge is 2.08. The Hall–Kier alpha value is -2.08. The van der Waals surface area contributed by atoms with Crippen LogP contribution in [0.3, 0.4) is 0 Å². The van der Waals surface area contributed by atoms with E-state index in [4.69, 9.17) is 21.9 Å². The van der Waals surface area contributed by atoms with Gasteiger partial charge in [0.15, 0.2) is 5.96 Å². The first kappa shape index (κ1) is 14.3. The summed E-state index contributed by atoms with van der Waals surface area (Å²) in [7, 11) is 3.67. The van der Waals surface area contributed by atoms with E-state index in [1.807, 2.05) is 26.2 Å². The van der Waals surface area contributed by atoms with E-state index in [1.165, 1.54) is 0 Å². The molecule has 0 bridgehead atoms. The van der Waals surface area contributed by atoms with Crippen molar-refractivity contribution in [3.8, 4) is 11.4 Å². The van der Waals surface area contributed by atoms with Crippen LogP contribution in [0.15, 0.2) is 33.8 Å². The molecule has 0 aliphatic heterocycles. The number of nitrogens with two attached hydrogens (primary N) is 1. The fraction of sp³-hybridized carbons (Fsp3) is 0.308. The Morgan fingerprint density at radius 1 is 1.35 bits per heavy atom. The first-order valence-corrected chi connectivity index (χ1v) is 6.50. The number of halogens is 1. The van der Waals surface area contributed by atoms with Gasteiger partial charge in [-0.3, -0.25) is 4.99 Å². The van der Waals surface area contributed by atoms with Gasteiger partial charge in [0.25, 0.3) is 0 Å². The molecule has 7 heteroatoms. The Balaban J connectivity index is 1.99. The summed E-state index contributed by atoms with van der Waals surface area (Å²) in [4.78, 5) is 10.2. The molecular formula is C13H16ClN5O. The molecule has 0 aliphatic carbocycles. The monoisotopic (exact) mass is 293 g/mol. The van der Waals surface area contributed by atoms with E-state index in [2.05, 4.69) is 15.1 Å². The van der Waals surface area contributed by atoms with Crippen molar-refractivity contribution < 1.29 is 4.52 Å². The summed E-state index contributed by atoms with van der Waals surface area (Å²) in [5, 5.41) is 4.60. The van der Waals surface area contributed by atoms with Gasteiger partial charge < -0.3 is 15.2 Å². The average molecular weight is 294 g/mol. The van der Waals surface area contributed by atoms with E-state index in [1.54, 1.807) is 17.0 Å². The standard InChI is InChI=1S/C13H16ClN5O/c1-19(2)13(15)16-8-7-11-17-12(18-20-11)9-3-5-10(14)6-4-9/h3-6H,7-8H2,1-2H3,(H2,15,16). The maximum atomic E-state index is 5.83. The van der Waals surface area contributed by atoms with Crippen LogP contribution in [-0.2, 0) is 6.42 Å². The van der Waals surface area contributed by atoms with Gasteiger partial charge in [-0.05, 0) is 24.3 Å². The van der Waals surface area contributed by atoms with Crippen molar-refractivity contribution in [1.29, 1.82) is 0 Å². The van der Waals surface area contributed by atoms with Crippen LogP contribution in [0.25, 0.3) is 11.4 Å². The van der Waals surface area contributed by atoms with Crippen LogP contribution in [0.5, 0.6) is 0 Å². The third kappa shape index (κ3) is 3.71. The van der Waals surface area contributed by atoms with Crippen molar-refractivity contribution in [2.75, 3.05) is 20.6 Å². The Kier molecular flexibility index (Phi) is 4.57. The highest BCUT2D eigenvalue weighted by atomic mass is 35.5. The molecule has 1 aromatic heterocycles. The smallest absolute Gasteiger partial charge is 0.228 e. The van der Waals surface area contributed by atoms with Crippen molar-refractivity contribution in [3.63, 3.8) is 0 Å². The summed E-state index contributed by atoms with van der Waals surface area (Å²) in [6.07, 6.45) is 0.551. The summed E-state index contributed by atoms with van der Waals surface area (Å²) < 4.78 is 5.17.